The third-order valence-corrected chi connectivity index (χ3v) is 4.80. The minimum atomic E-state index is 0.0247. The molecule has 0 unspecified atom stereocenters. The Hall–Kier alpha value is -2.27. The largest absolute Gasteiger partial charge is 0.490 e. The number of benzene rings is 2. The molecule has 1 amide bonds. The minimum absolute atomic E-state index is 0.0247. The van der Waals surface area contributed by atoms with Crippen LogP contribution in [0.15, 0.2) is 40.9 Å². The first-order valence-corrected chi connectivity index (χ1v) is 9.62. The van der Waals surface area contributed by atoms with Crippen LogP contribution in [0, 0.1) is 0 Å². The molecule has 136 valence electrons. The van der Waals surface area contributed by atoms with Crippen LogP contribution in [0.4, 0.5) is 5.69 Å². The van der Waals surface area contributed by atoms with Crippen molar-refractivity contribution >= 4 is 39.2 Å². The highest BCUT2D eigenvalue weighted by molar-refractivity contribution is 9.10. The highest BCUT2D eigenvalue weighted by Gasteiger charge is 2.30. The third-order valence-electron chi connectivity index (χ3n) is 4.21. The van der Waals surface area contributed by atoms with Gasteiger partial charge in [0.25, 0.3) is 5.91 Å². The Morgan fingerprint density at radius 3 is 2.50 bits per heavy atom. The topological polar surface area (TPSA) is 38.8 Å². The molecule has 2 aromatic rings. The highest BCUT2D eigenvalue weighted by Crippen LogP contribution is 2.40. The van der Waals surface area contributed by atoms with E-state index in [-0.39, 0.29) is 5.91 Å². The van der Waals surface area contributed by atoms with E-state index in [1.807, 2.05) is 63.2 Å². The molecule has 0 saturated carbocycles. The smallest absolute Gasteiger partial charge is 0.258 e. The SMILES string of the molecule is CCOc1cc(/C=C2\C(=O)N(CC)c3ccccc32)cc(Br)c1OCC. The number of fused-ring (bicyclic) bond motifs is 1. The molecule has 5 heteroatoms. The van der Waals surface area contributed by atoms with E-state index >= 15 is 0 Å². The van der Waals surface area contributed by atoms with Gasteiger partial charge in [-0.15, -0.1) is 0 Å². The lowest BCUT2D eigenvalue weighted by atomic mass is 10.0. The predicted octanol–water partition coefficient (Wildman–Crippen LogP) is 5.15. The molecule has 0 fully saturated rings. The van der Waals surface area contributed by atoms with Crippen LogP contribution < -0.4 is 14.4 Å². The molecule has 0 aromatic heterocycles. The van der Waals surface area contributed by atoms with Crippen LogP contribution in [0.5, 0.6) is 11.5 Å². The summed E-state index contributed by atoms with van der Waals surface area (Å²) in [6.07, 6.45) is 1.92. The summed E-state index contributed by atoms with van der Waals surface area (Å²) in [4.78, 5) is 14.7. The molecular weight excluding hydrogens is 394 g/mol. The fourth-order valence-electron chi connectivity index (χ4n) is 3.15. The maximum atomic E-state index is 12.9. The zero-order valence-corrected chi connectivity index (χ0v) is 16.8. The van der Waals surface area contributed by atoms with Gasteiger partial charge in [0, 0.05) is 17.7 Å². The fraction of sp³-hybridized carbons (Fsp3) is 0.286. The first kappa shape index (κ1) is 18.5. The number of hydrogen-bond donors (Lipinski definition) is 0. The molecule has 1 heterocycles. The Kier molecular flexibility index (Phi) is 5.67. The van der Waals surface area contributed by atoms with Crippen molar-refractivity contribution < 1.29 is 14.3 Å². The van der Waals surface area contributed by atoms with Gasteiger partial charge in [-0.3, -0.25) is 4.79 Å². The van der Waals surface area contributed by atoms with Crippen molar-refractivity contribution in [1.82, 2.24) is 0 Å². The van der Waals surface area contributed by atoms with Gasteiger partial charge in [0.05, 0.1) is 23.4 Å². The summed E-state index contributed by atoms with van der Waals surface area (Å²) in [5.74, 6) is 1.38. The van der Waals surface area contributed by atoms with Gasteiger partial charge in [0.15, 0.2) is 11.5 Å². The molecule has 0 bridgehead atoms. The number of carbonyl (C=O) groups excluding carboxylic acids is 1. The van der Waals surface area contributed by atoms with Crippen molar-refractivity contribution in [3.63, 3.8) is 0 Å². The van der Waals surface area contributed by atoms with Crippen LogP contribution in [0.2, 0.25) is 0 Å². The van der Waals surface area contributed by atoms with Crippen LogP contribution in [-0.2, 0) is 4.79 Å². The second-order valence-electron chi connectivity index (χ2n) is 5.82. The first-order valence-electron chi connectivity index (χ1n) is 8.82. The Morgan fingerprint density at radius 1 is 1.08 bits per heavy atom. The lowest BCUT2D eigenvalue weighted by Crippen LogP contribution is -2.25. The molecule has 1 aliphatic rings. The average Bonchev–Trinajstić information content (AvgIpc) is 2.90. The predicted molar refractivity (Wildman–Crippen MR) is 109 cm³/mol. The van der Waals surface area contributed by atoms with Crippen molar-refractivity contribution in [3.8, 4) is 11.5 Å². The number of ether oxygens (including phenoxy) is 2. The van der Waals surface area contributed by atoms with Crippen LogP contribution in [0.3, 0.4) is 0 Å². The van der Waals surface area contributed by atoms with Crippen LogP contribution in [0.1, 0.15) is 31.9 Å². The van der Waals surface area contributed by atoms with Gasteiger partial charge in [-0.1, -0.05) is 18.2 Å². The minimum Gasteiger partial charge on any atom is -0.490 e. The summed E-state index contributed by atoms with van der Waals surface area (Å²) < 4.78 is 12.2. The molecule has 3 rings (SSSR count). The van der Waals surface area contributed by atoms with Gasteiger partial charge < -0.3 is 14.4 Å². The van der Waals surface area contributed by atoms with Crippen molar-refractivity contribution in [1.29, 1.82) is 0 Å². The summed E-state index contributed by atoms with van der Waals surface area (Å²) in [5, 5.41) is 0. The number of amides is 1. The molecule has 26 heavy (non-hydrogen) atoms. The summed E-state index contributed by atoms with van der Waals surface area (Å²) in [7, 11) is 0. The second-order valence-corrected chi connectivity index (χ2v) is 6.67. The second kappa shape index (κ2) is 7.96. The van der Waals surface area contributed by atoms with E-state index in [1.54, 1.807) is 4.90 Å². The van der Waals surface area contributed by atoms with Gasteiger partial charge in [-0.05, 0) is 66.5 Å². The van der Waals surface area contributed by atoms with E-state index < -0.39 is 0 Å². The van der Waals surface area contributed by atoms with Crippen LogP contribution >= 0.6 is 15.9 Å². The van der Waals surface area contributed by atoms with E-state index in [0.717, 1.165) is 21.3 Å². The van der Waals surface area contributed by atoms with Crippen LogP contribution in [0.25, 0.3) is 11.6 Å². The van der Waals surface area contributed by atoms with Gasteiger partial charge in [0.1, 0.15) is 0 Å². The maximum Gasteiger partial charge on any atom is 0.258 e. The maximum absolute atomic E-state index is 12.9. The number of carbonyl (C=O) groups is 1. The summed E-state index contributed by atoms with van der Waals surface area (Å²) in [5.41, 5.74) is 3.50. The molecule has 0 saturated heterocycles. The van der Waals surface area contributed by atoms with E-state index in [4.69, 9.17) is 9.47 Å². The molecule has 4 nitrogen and oxygen atoms in total. The highest BCUT2D eigenvalue weighted by atomic mass is 79.9. The molecule has 0 N–H and O–H groups in total. The molecule has 0 radical (unpaired) electrons. The first-order chi connectivity index (χ1) is 12.6. The number of halogens is 1. The van der Waals surface area contributed by atoms with Gasteiger partial charge in [-0.25, -0.2) is 0 Å². The van der Waals surface area contributed by atoms with E-state index in [1.165, 1.54) is 0 Å². The number of hydrogen-bond acceptors (Lipinski definition) is 3. The Morgan fingerprint density at radius 2 is 1.81 bits per heavy atom. The van der Waals surface area contributed by atoms with E-state index in [0.29, 0.717) is 36.8 Å². The Labute approximate surface area is 162 Å². The number of anilines is 1. The van der Waals surface area contributed by atoms with Gasteiger partial charge in [-0.2, -0.15) is 0 Å². The molecule has 0 aliphatic carbocycles. The summed E-state index contributed by atoms with van der Waals surface area (Å²) in [6, 6.07) is 11.7. The zero-order chi connectivity index (χ0) is 18.7. The number of rotatable bonds is 6. The van der Waals surface area contributed by atoms with Crippen molar-refractivity contribution in [3.05, 3.63) is 52.0 Å². The molecule has 0 atom stereocenters. The Balaban J connectivity index is 2.09. The Bertz CT molecular complexity index is 860. The van der Waals surface area contributed by atoms with Gasteiger partial charge >= 0.3 is 0 Å². The van der Waals surface area contributed by atoms with Crippen molar-refractivity contribution in [2.75, 3.05) is 24.7 Å². The normalized spacial score (nSPS) is 14.7. The lowest BCUT2D eigenvalue weighted by Gasteiger charge is -2.14. The number of likely N-dealkylation sites (N-methyl/N-ethyl adjacent to an activating group) is 1. The number of nitrogens with zero attached hydrogens (tertiary/aromatic N) is 1. The summed E-state index contributed by atoms with van der Waals surface area (Å²) >= 11 is 3.56. The quantitative estimate of drug-likeness (QED) is 0.611. The lowest BCUT2D eigenvalue weighted by molar-refractivity contribution is -0.112. The fourth-order valence-corrected chi connectivity index (χ4v) is 3.72. The average molecular weight is 416 g/mol. The molecule has 2 aromatic carbocycles. The van der Waals surface area contributed by atoms with Crippen molar-refractivity contribution in [2.24, 2.45) is 0 Å². The van der Waals surface area contributed by atoms with Crippen LogP contribution in [-0.4, -0.2) is 25.7 Å². The van der Waals surface area contributed by atoms with Gasteiger partial charge in [0.2, 0.25) is 0 Å². The zero-order valence-electron chi connectivity index (χ0n) is 15.2. The molecule has 1 aliphatic heterocycles. The monoisotopic (exact) mass is 415 g/mol. The standard InChI is InChI=1S/C21H22BrNO3/c1-4-23-18-10-8-7-9-15(18)16(21(23)24)11-14-12-17(22)20(26-6-3)19(13-14)25-5-2/h7-13H,4-6H2,1-3H3/b16-11-. The summed E-state index contributed by atoms with van der Waals surface area (Å²) in [6.45, 7) is 7.59. The van der Waals surface area contributed by atoms with E-state index in [9.17, 15) is 4.79 Å². The third kappa shape index (κ3) is 3.36. The van der Waals surface area contributed by atoms with E-state index in [2.05, 4.69) is 15.9 Å². The molecular formula is C21H22BrNO3. The number of para-hydroxylation sites is 1. The van der Waals surface area contributed by atoms with Crippen molar-refractivity contribution in [2.45, 2.75) is 20.8 Å². The molecule has 0 spiro atoms.